The molecule has 2 aromatic rings. The van der Waals surface area contributed by atoms with Crippen LogP contribution in [0.3, 0.4) is 0 Å². The zero-order chi connectivity index (χ0) is 21.0. The van der Waals surface area contributed by atoms with Gasteiger partial charge in [-0.25, -0.2) is 9.97 Å². The largest absolute Gasteiger partial charge is 0.416 e. The van der Waals surface area contributed by atoms with Gasteiger partial charge in [0.2, 0.25) is 0 Å². The first kappa shape index (κ1) is 21.0. The number of ether oxygens (including phenoxy) is 1. The van der Waals surface area contributed by atoms with Crippen LogP contribution in [0.4, 0.5) is 24.7 Å². The standard InChI is InChI=1S/C19H22F3N5O2/c1-12-10-14(3-5-27-6-8-29-9-7-27)25-17(18(23)28)16(12)26-15-11-13(2-4-24-15)19(20,21)22/h2,4,10-11H,3,5-9H2,1H3,(H2,23,28)(H,24,26). The number of hydrogen-bond donors (Lipinski definition) is 2. The van der Waals surface area contributed by atoms with Crippen LogP contribution in [0.5, 0.6) is 0 Å². The zero-order valence-corrected chi connectivity index (χ0v) is 15.9. The summed E-state index contributed by atoms with van der Waals surface area (Å²) >= 11 is 0. The Morgan fingerprint density at radius 3 is 2.69 bits per heavy atom. The number of rotatable bonds is 6. The average molecular weight is 409 g/mol. The summed E-state index contributed by atoms with van der Waals surface area (Å²) in [7, 11) is 0. The Morgan fingerprint density at radius 1 is 1.31 bits per heavy atom. The number of halogens is 3. The molecule has 0 saturated carbocycles. The van der Waals surface area contributed by atoms with Crippen LogP contribution >= 0.6 is 0 Å². The van der Waals surface area contributed by atoms with Crippen molar-refractivity contribution in [3.63, 3.8) is 0 Å². The molecule has 3 N–H and O–H groups in total. The van der Waals surface area contributed by atoms with Gasteiger partial charge in [0, 0.05) is 37.9 Å². The molecule has 29 heavy (non-hydrogen) atoms. The molecule has 0 aliphatic carbocycles. The molecule has 0 bridgehead atoms. The maximum absolute atomic E-state index is 12.9. The second kappa shape index (κ2) is 8.75. The van der Waals surface area contributed by atoms with E-state index < -0.39 is 17.6 Å². The third-order valence-corrected chi connectivity index (χ3v) is 4.63. The Morgan fingerprint density at radius 2 is 2.03 bits per heavy atom. The van der Waals surface area contributed by atoms with E-state index in [0.29, 0.717) is 30.9 Å². The fourth-order valence-electron chi connectivity index (χ4n) is 3.11. The average Bonchev–Trinajstić information content (AvgIpc) is 2.68. The first-order chi connectivity index (χ1) is 13.7. The number of anilines is 2. The molecule has 0 atom stereocenters. The molecular weight excluding hydrogens is 387 g/mol. The summed E-state index contributed by atoms with van der Waals surface area (Å²) in [6.07, 6.45) is -2.83. The van der Waals surface area contributed by atoms with Crippen molar-refractivity contribution in [2.45, 2.75) is 19.5 Å². The predicted molar refractivity (Wildman–Crippen MR) is 101 cm³/mol. The second-order valence-corrected chi connectivity index (χ2v) is 6.77. The molecule has 0 radical (unpaired) electrons. The summed E-state index contributed by atoms with van der Waals surface area (Å²) in [4.78, 5) is 22.4. The Kier molecular flexibility index (Phi) is 6.33. The van der Waals surface area contributed by atoms with Crippen LogP contribution in [0.25, 0.3) is 0 Å². The lowest BCUT2D eigenvalue weighted by Gasteiger charge is -2.26. The van der Waals surface area contributed by atoms with Crippen molar-refractivity contribution in [3.8, 4) is 0 Å². The van der Waals surface area contributed by atoms with E-state index in [0.717, 1.165) is 38.0 Å². The fraction of sp³-hybridized carbons (Fsp3) is 0.421. The van der Waals surface area contributed by atoms with Gasteiger partial charge in [-0.2, -0.15) is 13.2 Å². The minimum absolute atomic E-state index is 0.0267. The summed E-state index contributed by atoms with van der Waals surface area (Å²) in [5.41, 5.74) is 6.18. The highest BCUT2D eigenvalue weighted by Crippen LogP contribution is 2.31. The SMILES string of the molecule is Cc1cc(CCN2CCOCC2)nc(C(N)=O)c1Nc1cc(C(F)(F)F)ccn1. The van der Waals surface area contributed by atoms with Crippen molar-refractivity contribution in [2.75, 3.05) is 38.2 Å². The predicted octanol–water partition coefficient (Wildman–Crippen LogP) is 2.52. The van der Waals surface area contributed by atoms with Crippen LogP contribution < -0.4 is 11.1 Å². The van der Waals surface area contributed by atoms with Crippen molar-refractivity contribution in [1.29, 1.82) is 0 Å². The van der Waals surface area contributed by atoms with E-state index >= 15 is 0 Å². The molecule has 3 rings (SSSR count). The van der Waals surface area contributed by atoms with E-state index in [4.69, 9.17) is 10.5 Å². The van der Waals surface area contributed by atoms with E-state index in [-0.39, 0.29) is 17.2 Å². The minimum Gasteiger partial charge on any atom is -0.379 e. The molecule has 3 heterocycles. The Balaban J connectivity index is 1.82. The number of carbonyl (C=O) groups excluding carboxylic acids is 1. The molecule has 0 unspecified atom stereocenters. The number of nitrogens with two attached hydrogens (primary N) is 1. The van der Waals surface area contributed by atoms with Gasteiger partial charge < -0.3 is 15.8 Å². The number of pyridine rings is 2. The first-order valence-corrected chi connectivity index (χ1v) is 9.15. The van der Waals surface area contributed by atoms with Gasteiger partial charge >= 0.3 is 6.18 Å². The van der Waals surface area contributed by atoms with Gasteiger partial charge in [-0.15, -0.1) is 0 Å². The first-order valence-electron chi connectivity index (χ1n) is 9.15. The minimum atomic E-state index is -4.50. The van der Waals surface area contributed by atoms with Gasteiger partial charge in [-0.3, -0.25) is 9.69 Å². The fourth-order valence-corrected chi connectivity index (χ4v) is 3.11. The molecule has 1 amide bonds. The molecule has 0 spiro atoms. The van der Waals surface area contributed by atoms with Crippen molar-refractivity contribution in [3.05, 3.63) is 46.9 Å². The summed E-state index contributed by atoms with van der Waals surface area (Å²) in [6.45, 7) is 5.54. The third kappa shape index (κ3) is 5.42. The molecule has 10 heteroatoms. The van der Waals surface area contributed by atoms with Crippen LogP contribution in [-0.2, 0) is 17.3 Å². The van der Waals surface area contributed by atoms with Crippen LogP contribution in [0.1, 0.15) is 27.3 Å². The number of morpholine rings is 1. The second-order valence-electron chi connectivity index (χ2n) is 6.77. The number of alkyl halides is 3. The van der Waals surface area contributed by atoms with Gasteiger partial charge in [-0.05, 0) is 30.7 Å². The number of primary amides is 1. The lowest BCUT2D eigenvalue weighted by atomic mass is 10.1. The van der Waals surface area contributed by atoms with Crippen molar-refractivity contribution >= 4 is 17.4 Å². The maximum atomic E-state index is 12.9. The number of aryl methyl sites for hydroxylation is 1. The molecule has 1 aliphatic rings. The number of amides is 1. The molecule has 0 aromatic carbocycles. The molecule has 1 fully saturated rings. The van der Waals surface area contributed by atoms with Crippen molar-refractivity contribution in [1.82, 2.24) is 14.9 Å². The van der Waals surface area contributed by atoms with Crippen molar-refractivity contribution < 1.29 is 22.7 Å². The normalized spacial score (nSPS) is 15.3. The Bertz CT molecular complexity index is 883. The highest BCUT2D eigenvalue weighted by molar-refractivity contribution is 5.98. The highest BCUT2D eigenvalue weighted by Gasteiger charge is 2.31. The zero-order valence-electron chi connectivity index (χ0n) is 15.9. The van der Waals surface area contributed by atoms with Crippen LogP contribution in [-0.4, -0.2) is 53.6 Å². The smallest absolute Gasteiger partial charge is 0.379 e. The van der Waals surface area contributed by atoms with Crippen molar-refractivity contribution in [2.24, 2.45) is 5.73 Å². The van der Waals surface area contributed by atoms with Crippen LogP contribution in [0.2, 0.25) is 0 Å². The molecular formula is C19H22F3N5O2. The highest BCUT2D eigenvalue weighted by atomic mass is 19.4. The van der Waals surface area contributed by atoms with E-state index in [1.54, 1.807) is 13.0 Å². The molecule has 1 saturated heterocycles. The third-order valence-electron chi connectivity index (χ3n) is 4.63. The van der Waals surface area contributed by atoms with Crippen LogP contribution in [0.15, 0.2) is 24.4 Å². The van der Waals surface area contributed by atoms with Gasteiger partial charge in [0.15, 0.2) is 5.69 Å². The van der Waals surface area contributed by atoms with Crippen LogP contribution in [0, 0.1) is 6.92 Å². The van der Waals surface area contributed by atoms with E-state index in [2.05, 4.69) is 20.2 Å². The van der Waals surface area contributed by atoms with Gasteiger partial charge in [0.25, 0.3) is 5.91 Å². The number of nitrogens with one attached hydrogen (secondary N) is 1. The lowest BCUT2D eigenvalue weighted by molar-refractivity contribution is -0.137. The maximum Gasteiger partial charge on any atom is 0.416 e. The van der Waals surface area contributed by atoms with E-state index in [1.165, 1.54) is 0 Å². The topological polar surface area (TPSA) is 93.4 Å². The lowest BCUT2D eigenvalue weighted by Crippen LogP contribution is -2.37. The molecule has 2 aromatic heterocycles. The molecule has 1 aliphatic heterocycles. The quantitative estimate of drug-likeness (QED) is 0.762. The summed E-state index contributed by atoms with van der Waals surface area (Å²) in [5, 5.41) is 2.77. The molecule has 156 valence electrons. The van der Waals surface area contributed by atoms with Gasteiger partial charge in [0.05, 0.1) is 24.5 Å². The Hall–Kier alpha value is -2.72. The van der Waals surface area contributed by atoms with E-state index in [1.807, 2.05) is 0 Å². The van der Waals surface area contributed by atoms with Gasteiger partial charge in [-0.1, -0.05) is 0 Å². The van der Waals surface area contributed by atoms with Gasteiger partial charge in [0.1, 0.15) is 5.82 Å². The van der Waals surface area contributed by atoms with E-state index in [9.17, 15) is 18.0 Å². The monoisotopic (exact) mass is 409 g/mol. The summed E-state index contributed by atoms with van der Waals surface area (Å²) in [5.74, 6) is -0.816. The summed E-state index contributed by atoms with van der Waals surface area (Å²) in [6, 6.07) is 3.54. The summed E-state index contributed by atoms with van der Waals surface area (Å²) < 4.78 is 44.1. The number of nitrogens with zero attached hydrogens (tertiary/aromatic N) is 3. The molecule has 7 nitrogen and oxygen atoms in total. The number of aromatic nitrogens is 2. The Labute approximate surface area is 166 Å². The number of carbonyl (C=O) groups is 1. The number of hydrogen-bond acceptors (Lipinski definition) is 6.